The monoisotopic (exact) mass is 283 g/mol. The predicted octanol–water partition coefficient (Wildman–Crippen LogP) is 3.09. The van der Waals surface area contributed by atoms with E-state index < -0.39 is 0 Å². The van der Waals surface area contributed by atoms with E-state index in [0.29, 0.717) is 0 Å². The van der Waals surface area contributed by atoms with E-state index in [0.717, 1.165) is 6.54 Å². The number of hydrogen-bond acceptors (Lipinski definition) is 3. The molecule has 20 heavy (non-hydrogen) atoms. The third kappa shape index (κ3) is 5.01. The molecule has 0 saturated carbocycles. The molecular weight excluding hydrogens is 246 g/mol. The van der Waals surface area contributed by atoms with Gasteiger partial charge >= 0.3 is 0 Å². The van der Waals surface area contributed by atoms with Crippen molar-refractivity contribution in [2.45, 2.75) is 71.3 Å². The Morgan fingerprint density at radius 1 is 1.00 bits per heavy atom. The fourth-order valence-corrected chi connectivity index (χ4v) is 3.48. The summed E-state index contributed by atoms with van der Waals surface area (Å²) in [6.07, 6.45) is 9.03. The summed E-state index contributed by atoms with van der Waals surface area (Å²) >= 11 is 0. The zero-order valence-electron chi connectivity index (χ0n) is 14.2. The molecule has 120 valence electrons. The van der Waals surface area contributed by atoms with Crippen molar-refractivity contribution >= 4 is 0 Å². The van der Waals surface area contributed by atoms with E-state index in [1.807, 2.05) is 0 Å². The van der Waals surface area contributed by atoms with Crippen LogP contribution in [0.5, 0.6) is 0 Å². The molecule has 0 amide bonds. The van der Waals surface area contributed by atoms with Gasteiger partial charge in [0.2, 0.25) is 0 Å². The van der Waals surface area contributed by atoms with Crippen molar-refractivity contribution < 1.29 is 0 Å². The van der Waals surface area contributed by atoms with Gasteiger partial charge in [-0.25, -0.2) is 0 Å². The smallest absolute Gasteiger partial charge is 0.0344 e. The minimum absolute atomic E-state index is 0.272. The Morgan fingerprint density at radius 2 is 1.65 bits per heavy atom. The second kappa shape index (κ2) is 9.75. The molecule has 0 spiro atoms. The van der Waals surface area contributed by atoms with E-state index in [-0.39, 0.29) is 5.54 Å². The lowest BCUT2D eigenvalue weighted by Gasteiger charge is -2.43. The minimum Gasteiger partial charge on any atom is -0.329 e. The highest BCUT2D eigenvalue weighted by Gasteiger charge is 2.36. The molecule has 1 aliphatic heterocycles. The van der Waals surface area contributed by atoms with Crippen molar-refractivity contribution in [1.82, 2.24) is 9.80 Å². The minimum atomic E-state index is 0.272. The number of likely N-dealkylation sites (tertiary alicyclic amines) is 1. The first-order chi connectivity index (χ1) is 9.72. The van der Waals surface area contributed by atoms with Crippen LogP contribution in [-0.4, -0.2) is 54.6 Å². The summed E-state index contributed by atoms with van der Waals surface area (Å²) < 4.78 is 0. The molecule has 3 nitrogen and oxygen atoms in total. The third-order valence-corrected chi connectivity index (χ3v) is 5.07. The first-order valence-electron chi connectivity index (χ1n) is 8.89. The van der Waals surface area contributed by atoms with Crippen LogP contribution < -0.4 is 5.73 Å². The average Bonchev–Trinajstić information content (AvgIpc) is 2.70. The highest BCUT2D eigenvalue weighted by molar-refractivity contribution is 4.94. The Labute approximate surface area is 126 Å². The van der Waals surface area contributed by atoms with Crippen LogP contribution >= 0.6 is 0 Å². The van der Waals surface area contributed by atoms with Gasteiger partial charge in [0.1, 0.15) is 0 Å². The van der Waals surface area contributed by atoms with Crippen molar-refractivity contribution in [1.29, 1.82) is 0 Å². The Balaban J connectivity index is 2.73. The van der Waals surface area contributed by atoms with E-state index >= 15 is 0 Å². The lowest BCUT2D eigenvalue weighted by Crippen LogP contribution is -2.55. The molecule has 0 aromatic carbocycles. The zero-order chi connectivity index (χ0) is 14.8. The predicted molar refractivity (Wildman–Crippen MR) is 89.1 cm³/mol. The number of rotatable bonds is 9. The van der Waals surface area contributed by atoms with E-state index in [2.05, 4.69) is 30.6 Å². The van der Waals surface area contributed by atoms with Crippen LogP contribution in [0.3, 0.4) is 0 Å². The standard InChI is InChI=1S/C17H37N3/c1-4-7-13-20(14-8-5-2)17(16-18)10-9-12-19(6-3)15-11-17/h4-16,18H2,1-3H3. The first kappa shape index (κ1) is 17.9. The normalized spacial score (nSPS) is 25.1. The molecule has 1 fully saturated rings. The first-order valence-corrected chi connectivity index (χ1v) is 8.89. The molecular formula is C17H37N3. The third-order valence-electron chi connectivity index (χ3n) is 5.07. The molecule has 2 N–H and O–H groups in total. The van der Waals surface area contributed by atoms with Crippen molar-refractivity contribution in [3.8, 4) is 0 Å². The number of nitrogens with two attached hydrogens (primary N) is 1. The van der Waals surface area contributed by atoms with E-state index in [1.54, 1.807) is 0 Å². The number of hydrogen-bond donors (Lipinski definition) is 1. The lowest BCUT2D eigenvalue weighted by atomic mass is 9.87. The highest BCUT2D eigenvalue weighted by Crippen LogP contribution is 2.29. The zero-order valence-corrected chi connectivity index (χ0v) is 14.2. The van der Waals surface area contributed by atoms with E-state index in [1.165, 1.54) is 77.7 Å². The van der Waals surface area contributed by atoms with Crippen LogP contribution in [0.4, 0.5) is 0 Å². The van der Waals surface area contributed by atoms with Gasteiger partial charge in [-0.2, -0.15) is 0 Å². The molecule has 0 aliphatic carbocycles. The van der Waals surface area contributed by atoms with Crippen LogP contribution in [0.2, 0.25) is 0 Å². The molecule has 0 aromatic heterocycles. The molecule has 1 heterocycles. The van der Waals surface area contributed by atoms with Crippen LogP contribution in [0.25, 0.3) is 0 Å². The van der Waals surface area contributed by atoms with Crippen molar-refractivity contribution in [3.63, 3.8) is 0 Å². The SMILES string of the molecule is CCCCN(CCCC)C1(CN)CCCN(CC)CC1. The molecule has 1 saturated heterocycles. The van der Waals surface area contributed by atoms with Gasteiger partial charge in [0.25, 0.3) is 0 Å². The molecule has 1 atom stereocenters. The Hall–Kier alpha value is -0.120. The molecule has 3 heteroatoms. The fourth-order valence-electron chi connectivity index (χ4n) is 3.48. The Bertz CT molecular complexity index is 236. The van der Waals surface area contributed by atoms with Gasteiger partial charge in [-0.05, 0) is 64.8 Å². The Kier molecular flexibility index (Phi) is 8.74. The molecule has 1 rings (SSSR count). The molecule has 0 radical (unpaired) electrons. The van der Waals surface area contributed by atoms with Crippen molar-refractivity contribution in [2.75, 3.05) is 39.3 Å². The van der Waals surface area contributed by atoms with Gasteiger partial charge in [-0.3, -0.25) is 4.90 Å². The second-order valence-corrected chi connectivity index (χ2v) is 6.41. The van der Waals surface area contributed by atoms with Gasteiger partial charge in [-0.15, -0.1) is 0 Å². The maximum atomic E-state index is 6.28. The van der Waals surface area contributed by atoms with Gasteiger partial charge in [-0.1, -0.05) is 33.6 Å². The molecule has 0 aromatic rings. The average molecular weight is 284 g/mol. The number of nitrogens with zero attached hydrogens (tertiary/aromatic N) is 2. The summed E-state index contributed by atoms with van der Waals surface area (Å²) in [5.74, 6) is 0. The van der Waals surface area contributed by atoms with Crippen molar-refractivity contribution in [3.05, 3.63) is 0 Å². The van der Waals surface area contributed by atoms with Crippen LogP contribution in [0.15, 0.2) is 0 Å². The quantitative estimate of drug-likeness (QED) is 0.706. The van der Waals surface area contributed by atoms with Gasteiger partial charge in [0.05, 0.1) is 0 Å². The topological polar surface area (TPSA) is 32.5 Å². The largest absolute Gasteiger partial charge is 0.329 e. The summed E-state index contributed by atoms with van der Waals surface area (Å²) in [4.78, 5) is 5.34. The van der Waals surface area contributed by atoms with Crippen LogP contribution in [0.1, 0.15) is 65.7 Å². The highest BCUT2D eigenvalue weighted by atomic mass is 15.2. The van der Waals surface area contributed by atoms with E-state index in [4.69, 9.17) is 5.73 Å². The maximum absolute atomic E-state index is 6.28. The van der Waals surface area contributed by atoms with Crippen LogP contribution in [0, 0.1) is 0 Å². The fraction of sp³-hybridized carbons (Fsp3) is 1.00. The van der Waals surface area contributed by atoms with E-state index in [9.17, 15) is 0 Å². The summed E-state index contributed by atoms with van der Waals surface area (Å²) in [6.45, 7) is 13.8. The van der Waals surface area contributed by atoms with Gasteiger partial charge in [0.15, 0.2) is 0 Å². The summed E-state index contributed by atoms with van der Waals surface area (Å²) in [6, 6.07) is 0. The second-order valence-electron chi connectivity index (χ2n) is 6.41. The molecule has 1 unspecified atom stereocenters. The van der Waals surface area contributed by atoms with Gasteiger partial charge in [0, 0.05) is 12.1 Å². The van der Waals surface area contributed by atoms with Crippen molar-refractivity contribution in [2.24, 2.45) is 5.73 Å². The Morgan fingerprint density at radius 3 is 2.15 bits per heavy atom. The summed E-state index contributed by atoms with van der Waals surface area (Å²) in [7, 11) is 0. The lowest BCUT2D eigenvalue weighted by molar-refractivity contribution is 0.0746. The maximum Gasteiger partial charge on any atom is 0.0344 e. The van der Waals surface area contributed by atoms with Crippen LogP contribution in [-0.2, 0) is 0 Å². The number of unbranched alkanes of at least 4 members (excludes halogenated alkanes) is 2. The molecule has 0 bridgehead atoms. The van der Waals surface area contributed by atoms with Gasteiger partial charge < -0.3 is 10.6 Å². The molecule has 1 aliphatic rings. The summed E-state index contributed by atoms with van der Waals surface area (Å²) in [5.41, 5.74) is 6.55. The summed E-state index contributed by atoms with van der Waals surface area (Å²) in [5, 5.41) is 0.